The molecule has 0 saturated carbocycles. The highest BCUT2D eigenvalue weighted by Gasteiger charge is 2.70. The normalized spacial score (nSPS) is 24.7. The van der Waals surface area contributed by atoms with Crippen LogP contribution >= 0.6 is 0 Å². The van der Waals surface area contributed by atoms with E-state index in [1.165, 1.54) is 6.92 Å². The molecular weight excluding hydrogens is 673 g/mol. The molecule has 0 spiro atoms. The van der Waals surface area contributed by atoms with Crippen molar-refractivity contribution in [3.8, 4) is 0 Å². The van der Waals surface area contributed by atoms with Crippen molar-refractivity contribution in [3.63, 3.8) is 0 Å². The average Bonchev–Trinajstić information content (AvgIpc) is 2.84. The lowest BCUT2D eigenvalue weighted by Crippen LogP contribution is -2.66. The Kier molecular flexibility index (Phi) is 11.1. The van der Waals surface area contributed by atoms with Gasteiger partial charge in [-0.05, 0) is 13.3 Å². The van der Waals surface area contributed by atoms with Gasteiger partial charge in [0, 0.05) is 0 Å². The summed E-state index contributed by atoms with van der Waals surface area (Å²) in [6.07, 6.45) is -40.4. The van der Waals surface area contributed by atoms with Crippen molar-refractivity contribution < 1.29 is 114 Å². The van der Waals surface area contributed by atoms with Gasteiger partial charge in [0.05, 0.1) is 6.10 Å². The predicted octanol–water partition coefficient (Wildman–Crippen LogP) is 3.94. The lowest BCUT2D eigenvalue weighted by Gasteiger charge is -2.44. The minimum absolute atomic E-state index is 0.288. The SMILES string of the molecule is CC[C@H](C)OC1OC(C(=O)O)C(OC(=O)C(F)(F)C(F)(F)F)C(OC(=O)C(F)(F)C(F)(F)F)C1OC(=O)C(F)(F)C(F)(F)F. The summed E-state index contributed by atoms with van der Waals surface area (Å²) in [5.41, 5.74) is 0. The molecule has 1 rings (SSSR count). The molecule has 0 aromatic rings. The van der Waals surface area contributed by atoms with Crippen molar-refractivity contribution in [1.29, 1.82) is 0 Å². The fourth-order valence-corrected chi connectivity index (χ4v) is 2.77. The van der Waals surface area contributed by atoms with Crippen molar-refractivity contribution in [2.45, 2.75) is 93.4 Å². The van der Waals surface area contributed by atoms with Crippen LogP contribution in [0.4, 0.5) is 65.9 Å². The molecule has 0 aliphatic carbocycles. The Labute approximate surface area is 232 Å². The second-order valence-corrected chi connectivity index (χ2v) is 8.44. The monoisotopic (exact) mass is 688 g/mol. The van der Waals surface area contributed by atoms with E-state index < -0.39 is 97.0 Å². The van der Waals surface area contributed by atoms with E-state index in [4.69, 9.17) is 4.74 Å². The molecule has 1 saturated heterocycles. The number of carbonyl (C=O) groups is 4. The smallest absolute Gasteiger partial charge is 0.465 e. The van der Waals surface area contributed by atoms with Crippen LogP contribution in [0.15, 0.2) is 0 Å². The van der Waals surface area contributed by atoms with Crippen molar-refractivity contribution in [1.82, 2.24) is 0 Å². The first-order chi connectivity index (χ1) is 19.4. The summed E-state index contributed by atoms with van der Waals surface area (Å²) in [6.45, 7) is 2.13. The second kappa shape index (κ2) is 12.6. The molecule has 44 heavy (non-hydrogen) atoms. The van der Waals surface area contributed by atoms with Gasteiger partial charge in [-0.3, -0.25) is 0 Å². The van der Waals surface area contributed by atoms with Gasteiger partial charge >= 0.3 is 60.2 Å². The predicted molar refractivity (Wildman–Crippen MR) is 99.8 cm³/mol. The zero-order valence-electron chi connectivity index (χ0n) is 21.0. The highest BCUT2D eigenvalue weighted by Crippen LogP contribution is 2.42. The van der Waals surface area contributed by atoms with Crippen molar-refractivity contribution in [2.75, 3.05) is 0 Å². The van der Waals surface area contributed by atoms with E-state index in [2.05, 4.69) is 18.9 Å². The summed E-state index contributed by atoms with van der Waals surface area (Å²) in [5, 5.41) is 9.31. The molecule has 1 aliphatic heterocycles. The quantitative estimate of drug-likeness (QED) is 0.205. The standard InChI is InChI=1S/C19H15F15O10/c1-3-4(2)40-10-8(44-13(39)16(24,25)19(32,33)34)6(43-12(38)15(22,23)18(29,30)31)5(7(41-10)9(35)36)42-11(37)14(20,21)17(26,27)28/h4-8,10H,3H2,1-2H3,(H,35,36)/t4-,5?,6?,7?,8?,10?/m0/s1. The Morgan fingerprint density at radius 3 is 1.25 bits per heavy atom. The number of esters is 3. The first kappa shape index (κ1) is 38.8. The van der Waals surface area contributed by atoms with Crippen LogP contribution in [0.2, 0.25) is 0 Å². The Bertz CT molecular complexity index is 1090. The Morgan fingerprint density at radius 1 is 0.636 bits per heavy atom. The lowest BCUT2D eigenvalue weighted by molar-refractivity contribution is -0.333. The number of halogens is 15. The van der Waals surface area contributed by atoms with Gasteiger partial charge in [0.15, 0.2) is 30.7 Å². The van der Waals surface area contributed by atoms with E-state index in [0.717, 1.165) is 6.92 Å². The highest BCUT2D eigenvalue weighted by molar-refractivity contribution is 5.82. The number of rotatable bonds is 10. The number of carbonyl (C=O) groups excluding carboxylic acids is 3. The summed E-state index contributed by atoms with van der Waals surface area (Å²) in [4.78, 5) is 46.8. The third-order valence-electron chi connectivity index (χ3n) is 5.25. The molecule has 0 aromatic heterocycles. The van der Waals surface area contributed by atoms with Crippen LogP contribution in [0.1, 0.15) is 20.3 Å². The zero-order chi connectivity index (χ0) is 35.0. The molecule has 10 nitrogen and oxygen atoms in total. The molecule has 0 aromatic carbocycles. The number of alkyl halides is 15. The molecule has 1 aliphatic rings. The molecule has 1 N–H and O–H groups in total. The summed E-state index contributed by atoms with van der Waals surface area (Å²) in [7, 11) is 0. The van der Waals surface area contributed by atoms with Crippen molar-refractivity contribution in [2.24, 2.45) is 0 Å². The van der Waals surface area contributed by atoms with E-state index in [0.29, 0.717) is 0 Å². The molecule has 5 unspecified atom stereocenters. The van der Waals surface area contributed by atoms with Crippen LogP contribution in [0, 0.1) is 0 Å². The Balaban J connectivity index is 3.95. The average molecular weight is 688 g/mol. The molecule has 1 heterocycles. The van der Waals surface area contributed by atoms with Gasteiger partial charge in [0.2, 0.25) is 0 Å². The van der Waals surface area contributed by atoms with Crippen molar-refractivity contribution >= 4 is 23.9 Å². The molecule has 0 bridgehead atoms. The topological polar surface area (TPSA) is 135 Å². The van der Waals surface area contributed by atoms with E-state index in [9.17, 15) is 90.1 Å². The molecular formula is C19H15F15O10. The minimum atomic E-state index is -6.95. The van der Waals surface area contributed by atoms with Crippen LogP contribution in [0.25, 0.3) is 0 Å². The number of hydrogen-bond donors (Lipinski definition) is 1. The van der Waals surface area contributed by atoms with Crippen LogP contribution in [-0.4, -0.2) is 102 Å². The molecule has 0 amide bonds. The zero-order valence-corrected chi connectivity index (χ0v) is 21.0. The van der Waals surface area contributed by atoms with Crippen LogP contribution in [0.3, 0.4) is 0 Å². The van der Waals surface area contributed by atoms with E-state index in [-0.39, 0.29) is 6.42 Å². The maximum atomic E-state index is 13.6. The van der Waals surface area contributed by atoms with E-state index in [1.807, 2.05) is 0 Å². The maximum absolute atomic E-state index is 13.6. The van der Waals surface area contributed by atoms with Gasteiger partial charge in [-0.25, -0.2) is 19.2 Å². The lowest BCUT2D eigenvalue weighted by atomic mass is 9.97. The Hall–Kier alpha value is -3.25. The number of carboxylic acid groups (broad SMARTS) is 1. The van der Waals surface area contributed by atoms with Gasteiger partial charge in [-0.1, -0.05) is 6.92 Å². The fourth-order valence-electron chi connectivity index (χ4n) is 2.77. The summed E-state index contributed by atoms with van der Waals surface area (Å²) in [6, 6.07) is 0. The second-order valence-electron chi connectivity index (χ2n) is 8.44. The molecule has 256 valence electrons. The molecule has 6 atom stereocenters. The van der Waals surface area contributed by atoms with Gasteiger partial charge < -0.3 is 28.8 Å². The van der Waals surface area contributed by atoms with E-state index in [1.54, 1.807) is 0 Å². The van der Waals surface area contributed by atoms with Crippen LogP contribution < -0.4 is 0 Å². The third kappa shape index (κ3) is 7.87. The summed E-state index contributed by atoms with van der Waals surface area (Å²) < 4.78 is 216. The van der Waals surface area contributed by atoms with Gasteiger partial charge in [0.1, 0.15) is 0 Å². The first-order valence-corrected chi connectivity index (χ1v) is 11.0. The van der Waals surface area contributed by atoms with Gasteiger partial charge in [-0.2, -0.15) is 65.9 Å². The van der Waals surface area contributed by atoms with Crippen LogP contribution in [-0.2, 0) is 42.9 Å². The molecule has 0 radical (unpaired) electrons. The van der Waals surface area contributed by atoms with E-state index >= 15 is 0 Å². The van der Waals surface area contributed by atoms with Gasteiger partial charge in [0.25, 0.3) is 0 Å². The summed E-state index contributed by atoms with van der Waals surface area (Å²) >= 11 is 0. The van der Waals surface area contributed by atoms with Crippen LogP contribution in [0.5, 0.6) is 0 Å². The number of carboxylic acids is 1. The minimum Gasteiger partial charge on any atom is -0.479 e. The third-order valence-corrected chi connectivity index (χ3v) is 5.25. The fraction of sp³-hybridized carbons (Fsp3) is 0.789. The largest absolute Gasteiger partial charge is 0.479 e. The highest BCUT2D eigenvalue weighted by atomic mass is 19.4. The number of aliphatic carboxylic acids is 1. The Morgan fingerprint density at radius 2 is 0.955 bits per heavy atom. The molecule has 25 heteroatoms. The number of hydrogen-bond acceptors (Lipinski definition) is 9. The summed E-state index contributed by atoms with van der Waals surface area (Å²) in [5.74, 6) is -34.5. The molecule has 1 fully saturated rings. The first-order valence-electron chi connectivity index (χ1n) is 11.0. The van der Waals surface area contributed by atoms with Crippen molar-refractivity contribution in [3.05, 3.63) is 0 Å². The van der Waals surface area contributed by atoms with Gasteiger partial charge in [-0.15, -0.1) is 0 Å². The maximum Gasteiger partial charge on any atom is 0.465 e. The number of ether oxygens (including phenoxy) is 5.